The van der Waals surface area contributed by atoms with Crippen LogP contribution in [0, 0.1) is 5.82 Å². The molecular formula is C19H19ClFNO5. The maximum absolute atomic E-state index is 13.2. The molecule has 8 heteroatoms. The number of hydrogen-bond donors (Lipinski definition) is 1. The van der Waals surface area contributed by atoms with Crippen molar-refractivity contribution in [2.75, 3.05) is 21.3 Å². The number of amides is 1. The number of esters is 1. The van der Waals surface area contributed by atoms with E-state index in [0.29, 0.717) is 17.1 Å². The summed E-state index contributed by atoms with van der Waals surface area (Å²) in [5, 5.41) is 2.69. The first-order valence-corrected chi connectivity index (χ1v) is 8.32. The molecule has 0 radical (unpaired) electrons. The molecule has 0 aliphatic rings. The lowest BCUT2D eigenvalue weighted by Crippen LogP contribution is -2.30. The Morgan fingerprint density at radius 1 is 1.07 bits per heavy atom. The van der Waals surface area contributed by atoms with Gasteiger partial charge in [0.25, 0.3) is 5.91 Å². The highest BCUT2D eigenvalue weighted by molar-refractivity contribution is 6.33. The van der Waals surface area contributed by atoms with Crippen LogP contribution in [0.25, 0.3) is 0 Å². The van der Waals surface area contributed by atoms with Gasteiger partial charge in [0, 0.05) is 0 Å². The zero-order valence-electron chi connectivity index (χ0n) is 15.0. The number of carbonyl (C=O) groups is 2. The van der Waals surface area contributed by atoms with Gasteiger partial charge in [-0.2, -0.15) is 0 Å². The van der Waals surface area contributed by atoms with Crippen molar-refractivity contribution in [2.24, 2.45) is 0 Å². The molecule has 144 valence electrons. The normalized spacial score (nSPS) is 11.4. The van der Waals surface area contributed by atoms with Gasteiger partial charge in [0.2, 0.25) is 0 Å². The predicted molar refractivity (Wildman–Crippen MR) is 97.8 cm³/mol. The van der Waals surface area contributed by atoms with Gasteiger partial charge in [-0.25, -0.2) is 4.39 Å². The smallest absolute Gasteiger partial charge is 0.307 e. The van der Waals surface area contributed by atoms with Crippen LogP contribution in [0.4, 0.5) is 4.39 Å². The number of halogens is 2. The molecule has 0 aliphatic carbocycles. The Balaban J connectivity index is 2.34. The fraction of sp³-hybridized carbons (Fsp3) is 0.263. The second-order valence-electron chi connectivity index (χ2n) is 5.54. The van der Waals surface area contributed by atoms with Gasteiger partial charge in [-0.15, -0.1) is 0 Å². The molecule has 0 spiro atoms. The van der Waals surface area contributed by atoms with Gasteiger partial charge in [-0.1, -0.05) is 17.7 Å². The van der Waals surface area contributed by atoms with Gasteiger partial charge >= 0.3 is 5.97 Å². The van der Waals surface area contributed by atoms with Gasteiger partial charge in [0.05, 0.1) is 44.4 Å². The molecule has 6 nitrogen and oxygen atoms in total. The number of nitrogens with one attached hydrogen (secondary N) is 1. The summed E-state index contributed by atoms with van der Waals surface area (Å²) in [6.45, 7) is 0. The molecule has 0 aromatic heterocycles. The van der Waals surface area contributed by atoms with E-state index < -0.39 is 23.7 Å². The molecule has 0 bridgehead atoms. The van der Waals surface area contributed by atoms with E-state index in [4.69, 9.17) is 25.8 Å². The molecule has 2 aromatic carbocycles. The third kappa shape index (κ3) is 5.10. The van der Waals surface area contributed by atoms with Crippen molar-refractivity contribution in [1.29, 1.82) is 0 Å². The summed E-state index contributed by atoms with van der Waals surface area (Å²) >= 11 is 5.95. The van der Waals surface area contributed by atoms with Crippen molar-refractivity contribution < 1.29 is 28.2 Å². The summed E-state index contributed by atoms with van der Waals surface area (Å²) in [4.78, 5) is 24.4. The Bertz CT molecular complexity index is 843. The molecule has 2 aromatic rings. The predicted octanol–water partition coefficient (Wildman–Crippen LogP) is 3.53. The lowest BCUT2D eigenvalue weighted by Gasteiger charge is -2.20. The molecule has 1 N–H and O–H groups in total. The van der Waals surface area contributed by atoms with E-state index in [9.17, 15) is 14.0 Å². The van der Waals surface area contributed by atoms with Crippen LogP contribution in [0.1, 0.15) is 28.4 Å². The first-order chi connectivity index (χ1) is 12.9. The average Bonchev–Trinajstić information content (AvgIpc) is 2.66. The Kier molecular flexibility index (Phi) is 7.01. The Labute approximate surface area is 161 Å². The van der Waals surface area contributed by atoms with Crippen molar-refractivity contribution in [3.63, 3.8) is 0 Å². The summed E-state index contributed by atoms with van der Waals surface area (Å²) < 4.78 is 28.4. The number of rotatable bonds is 7. The molecule has 1 amide bonds. The highest BCUT2D eigenvalue weighted by Crippen LogP contribution is 2.31. The number of hydrogen-bond acceptors (Lipinski definition) is 5. The van der Waals surface area contributed by atoms with Gasteiger partial charge in [0.1, 0.15) is 5.82 Å². The first kappa shape index (κ1) is 20.5. The molecule has 0 fully saturated rings. The Morgan fingerprint density at radius 2 is 1.78 bits per heavy atom. The standard InChI is InChI=1S/C19H19ClFNO5/c1-25-16-7-4-11(8-17(16)26-2)15(10-18(23)27-3)22-19(24)13-6-5-12(21)9-14(13)20/h4-9,15H,10H2,1-3H3,(H,22,24)/t15-/m0/s1. The van der Waals surface area contributed by atoms with Crippen LogP contribution in [0.3, 0.4) is 0 Å². The van der Waals surface area contributed by atoms with Crippen molar-refractivity contribution in [2.45, 2.75) is 12.5 Å². The maximum Gasteiger partial charge on any atom is 0.307 e. The van der Waals surface area contributed by atoms with Crippen LogP contribution in [-0.2, 0) is 9.53 Å². The molecule has 0 unspecified atom stereocenters. The van der Waals surface area contributed by atoms with E-state index in [2.05, 4.69) is 5.32 Å². The second kappa shape index (κ2) is 9.23. The Morgan fingerprint density at radius 3 is 2.37 bits per heavy atom. The number of methoxy groups -OCH3 is 3. The molecule has 0 saturated heterocycles. The van der Waals surface area contributed by atoms with Gasteiger partial charge in [-0.3, -0.25) is 9.59 Å². The minimum atomic E-state index is -0.717. The van der Waals surface area contributed by atoms with Gasteiger partial charge < -0.3 is 19.5 Å². The lowest BCUT2D eigenvalue weighted by molar-refractivity contribution is -0.141. The monoisotopic (exact) mass is 395 g/mol. The molecule has 0 aliphatic heterocycles. The summed E-state index contributed by atoms with van der Waals surface area (Å²) in [5.41, 5.74) is 0.693. The minimum Gasteiger partial charge on any atom is -0.493 e. The quantitative estimate of drug-likeness (QED) is 0.726. The lowest BCUT2D eigenvalue weighted by atomic mass is 10.0. The Hall–Kier alpha value is -2.80. The van der Waals surface area contributed by atoms with Crippen molar-refractivity contribution in [3.05, 3.63) is 58.4 Å². The second-order valence-corrected chi connectivity index (χ2v) is 5.95. The summed E-state index contributed by atoms with van der Waals surface area (Å²) in [5.74, 6) is -0.670. The summed E-state index contributed by atoms with van der Waals surface area (Å²) in [7, 11) is 4.24. The van der Waals surface area contributed by atoms with E-state index >= 15 is 0 Å². The van der Waals surface area contributed by atoms with Crippen molar-refractivity contribution in [1.82, 2.24) is 5.32 Å². The minimum absolute atomic E-state index is 0.0309. The van der Waals surface area contributed by atoms with E-state index in [1.807, 2.05) is 0 Å². The van der Waals surface area contributed by atoms with E-state index in [-0.39, 0.29) is 17.0 Å². The SMILES string of the molecule is COC(=O)C[C@H](NC(=O)c1ccc(F)cc1Cl)c1ccc(OC)c(OC)c1. The molecular weight excluding hydrogens is 377 g/mol. The number of benzene rings is 2. The topological polar surface area (TPSA) is 73.9 Å². The van der Waals surface area contributed by atoms with Crippen LogP contribution >= 0.6 is 11.6 Å². The van der Waals surface area contributed by atoms with E-state index in [1.54, 1.807) is 18.2 Å². The molecule has 0 heterocycles. The van der Waals surface area contributed by atoms with Crippen LogP contribution in [-0.4, -0.2) is 33.2 Å². The number of carbonyl (C=O) groups excluding carboxylic acids is 2. The van der Waals surface area contributed by atoms with Crippen LogP contribution in [0.5, 0.6) is 11.5 Å². The molecule has 27 heavy (non-hydrogen) atoms. The highest BCUT2D eigenvalue weighted by atomic mass is 35.5. The van der Waals surface area contributed by atoms with Crippen LogP contribution in [0.15, 0.2) is 36.4 Å². The number of ether oxygens (including phenoxy) is 3. The van der Waals surface area contributed by atoms with Crippen LogP contribution < -0.4 is 14.8 Å². The zero-order chi connectivity index (χ0) is 20.0. The fourth-order valence-electron chi connectivity index (χ4n) is 2.48. The largest absolute Gasteiger partial charge is 0.493 e. The van der Waals surface area contributed by atoms with Gasteiger partial charge in [0.15, 0.2) is 11.5 Å². The molecule has 0 saturated carbocycles. The molecule has 2 rings (SSSR count). The summed E-state index contributed by atoms with van der Waals surface area (Å²) in [6.07, 6.45) is -0.115. The highest BCUT2D eigenvalue weighted by Gasteiger charge is 2.22. The third-order valence-electron chi connectivity index (χ3n) is 3.89. The van der Waals surface area contributed by atoms with E-state index in [0.717, 1.165) is 12.1 Å². The van der Waals surface area contributed by atoms with Gasteiger partial charge in [-0.05, 0) is 35.9 Å². The van der Waals surface area contributed by atoms with E-state index in [1.165, 1.54) is 27.4 Å². The first-order valence-electron chi connectivity index (χ1n) is 7.94. The fourth-order valence-corrected chi connectivity index (χ4v) is 2.73. The van der Waals surface area contributed by atoms with Crippen molar-refractivity contribution in [3.8, 4) is 11.5 Å². The zero-order valence-corrected chi connectivity index (χ0v) is 15.8. The summed E-state index contributed by atoms with van der Waals surface area (Å²) in [6, 6.07) is 7.74. The van der Waals surface area contributed by atoms with Crippen molar-refractivity contribution >= 4 is 23.5 Å². The third-order valence-corrected chi connectivity index (χ3v) is 4.20. The molecule has 1 atom stereocenters. The maximum atomic E-state index is 13.2. The van der Waals surface area contributed by atoms with Crippen LogP contribution in [0.2, 0.25) is 5.02 Å². The average molecular weight is 396 g/mol.